The normalized spacial score (nSPS) is 10.5. The van der Waals surface area contributed by atoms with Crippen LogP contribution in [0.3, 0.4) is 0 Å². The first-order chi connectivity index (χ1) is 5.29. The van der Waals surface area contributed by atoms with Gasteiger partial charge in [0.15, 0.2) is 0 Å². The minimum Gasteiger partial charge on any atom is -0.426 e. The number of nitrogens with one attached hydrogen (secondary N) is 1. The van der Waals surface area contributed by atoms with E-state index in [9.17, 15) is 5.21 Å². The van der Waals surface area contributed by atoms with Crippen LogP contribution >= 0.6 is 12.2 Å². The fourth-order valence-corrected chi connectivity index (χ4v) is 1.25. The minimum atomic E-state index is 0.325. The summed E-state index contributed by atoms with van der Waals surface area (Å²) in [4.78, 5) is 2.85. The number of aromatic nitrogens is 2. The van der Waals surface area contributed by atoms with Crippen molar-refractivity contribution >= 4 is 23.3 Å². The maximum Gasteiger partial charge on any atom is 0.212 e. The maximum atomic E-state index is 9.28. The molecule has 1 aromatic carbocycles. The van der Waals surface area contributed by atoms with Crippen LogP contribution in [-0.2, 0) is 0 Å². The highest BCUT2D eigenvalue weighted by Crippen LogP contribution is 2.10. The zero-order chi connectivity index (χ0) is 7.84. The van der Waals surface area contributed by atoms with Gasteiger partial charge in [-0.15, -0.1) is 0 Å². The summed E-state index contributed by atoms with van der Waals surface area (Å²) < 4.78 is 1.29. The fourth-order valence-electron chi connectivity index (χ4n) is 1.04. The topological polar surface area (TPSA) is 41.0 Å². The highest BCUT2D eigenvalue weighted by molar-refractivity contribution is 7.71. The zero-order valence-electron chi connectivity index (χ0n) is 5.61. The third-order valence-electron chi connectivity index (χ3n) is 1.57. The van der Waals surface area contributed by atoms with Crippen molar-refractivity contribution in [2.75, 3.05) is 0 Å². The van der Waals surface area contributed by atoms with E-state index in [1.54, 1.807) is 6.07 Å². The van der Waals surface area contributed by atoms with Gasteiger partial charge in [-0.3, -0.25) is 0 Å². The Labute approximate surface area is 67.9 Å². The molecule has 0 saturated heterocycles. The van der Waals surface area contributed by atoms with Crippen LogP contribution < -0.4 is 0 Å². The molecule has 3 nitrogen and oxygen atoms in total. The van der Waals surface area contributed by atoms with E-state index in [2.05, 4.69) is 4.98 Å². The molecular weight excluding hydrogens is 160 g/mol. The Morgan fingerprint density at radius 2 is 2.09 bits per heavy atom. The van der Waals surface area contributed by atoms with Crippen molar-refractivity contribution in [2.45, 2.75) is 0 Å². The van der Waals surface area contributed by atoms with Crippen molar-refractivity contribution in [2.24, 2.45) is 0 Å². The summed E-state index contributed by atoms with van der Waals surface area (Å²) >= 11 is 4.81. The van der Waals surface area contributed by atoms with Gasteiger partial charge < -0.3 is 10.2 Å². The molecule has 0 saturated carbocycles. The Morgan fingerprint density at radius 3 is 2.82 bits per heavy atom. The van der Waals surface area contributed by atoms with Gasteiger partial charge in [-0.1, -0.05) is 12.1 Å². The number of fused-ring (bicyclic) bond motifs is 1. The van der Waals surface area contributed by atoms with E-state index in [-0.39, 0.29) is 0 Å². The Kier molecular flexibility index (Phi) is 1.22. The molecule has 4 heteroatoms. The van der Waals surface area contributed by atoms with Crippen molar-refractivity contribution in [1.29, 1.82) is 0 Å². The van der Waals surface area contributed by atoms with Gasteiger partial charge in [-0.25, -0.2) is 0 Å². The van der Waals surface area contributed by atoms with Crippen LogP contribution in [-0.4, -0.2) is 14.9 Å². The molecular formula is C7H6N2OS. The third-order valence-corrected chi connectivity index (χ3v) is 1.84. The molecule has 0 bridgehead atoms. The molecule has 0 unspecified atom stereocenters. The summed E-state index contributed by atoms with van der Waals surface area (Å²) in [6, 6.07) is 7.38. The first kappa shape index (κ1) is 6.42. The molecule has 0 amide bonds. The largest absolute Gasteiger partial charge is 0.426 e. The third kappa shape index (κ3) is 0.832. The summed E-state index contributed by atoms with van der Waals surface area (Å²) in [5.41, 5.74) is 1.55. The monoisotopic (exact) mass is 166 g/mol. The number of imidazole rings is 1. The summed E-state index contributed by atoms with van der Waals surface area (Å²) in [6.07, 6.45) is 0. The van der Waals surface area contributed by atoms with Gasteiger partial charge in [0, 0.05) is 0 Å². The highest BCUT2D eigenvalue weighted by Gasteiger charge is 1.98. The molecule has 0 radical (unpaired) electrons. The van der Waals surface area contributed by atoms with Gasteiger partial charge in [0.1, 0.15) is 5.52 Å². The summed E-state index contributed by atoms with van der Waals surface area (Å²) in [5, 5.41) is 9.28. The van der Waals surface area contributed by atoms with Crippen molar-refractivity contribution in [1.82, 2.24) is 9.71 Å². The molecule has 0 aliphatic rings. The lowest BCUT2D eigenvalue weighted by Crippen LogP contribution is -1.87. The van der Waals surface area contributed by atoms with E-state index in [1.165, 1.54) is 0 Å². The Morgan fingerprint density at radius 1 is 1.36 bits per heavy atom. The second-order valence-corrected chi connectivity index (χ2v) is 2.65. The molecule has 0 aliphatic heterocycles. The predicted molar refractivity (Wildman–Crippen MR) is 44.3 cm³/mol. The minimum absolute atomic E-state index is 0.325. The molecule has 0 fully saturated rings. The molecule has 0 spiro atoms. The second kappa shape index (κ2) is 2.10. The van der Waals surface area contributed by atoms with Crippen LogP contribution in [0.25, 0.3) is 11.0 Å². The van der Waals surface area contributed by atoms with Crippen molar-refractivity contribution in [3.63, 3.8) is 0 Å². The smallest absolute Gasteiger partial charge is 0.212 e. The number of para-hydroxylation sites is 2. The summed E-state index contributed by atoms with van der Waals surface area (Å²) in [6.45, 7) is 0. The highest BCUT2D eigenvalue weighted by atomic mass is 32.1. The molecule has 1 aromatic heterocycles. The van der Waals surface area contributed by atoms with E-state index in [0.717, 1.165) is 10.2 Å². The average Bonchev–Trinajstić information content (AvgIpc) is 2.30. The van der Waals surface area contributed by atoms with Crippen LogP contribution in [0.1, 0.15) is 0 Å². The SMILES string of the molecule is On1c(=S)[nH]c2ccccc21. The van der Waals surface area contributed by atoms with E-state index < -0.39 is 0 Å². The Bertz CT molecular complexity index is 443. The Balaban J connectivity index is 3.04. The quantitative estimate of drug-likeness (QED) is 0.464. The van der Waals surface area contributed by atoms with Crippen LogP contribution in [0, 0.1) is 4.77 Å². The van der Waals surface area contributed by atoms with Crippen molar-refractivity contribution < 1.29 is 5.21 Å². The molecule has 0 aliphatic carbocycles. The van der Waals surface area contributed by atoms with E-state index >= 15 is 0 Å². The molecule has 1 heterocycles. The van der Waals surface area contributed by atoms with Crippen LogP contribution in [0.5, 0.6) is 0 Å². The lowest BCUT2D eigenvalue weighted by atomic mass is 10.3. The molecule has 2 aromatic rings. The molecule has 0 atom stereocenters. The molecule has 56 valence electrons. The van der Waals surface area contributed by atoms with Gasteiger partial charge >= 0.3 is 0 Å². The predicted octanol–water partition coefficient (Wildman–Crippen LogP) is 1.94. The average molecular weight is 166 g/mol. The second-order valence-electron chi connectivity index (χ2n) is 2.26. The van der Waals surface area contributed by atoms with Crippen LogP contribution in [0.4, 0.5) is 0 Å². The maximum absolute atomic E-state index is 9.28. The van der Waals surface area contributed by atoms with Crippen LogP contribution in [0.15, 0.2) is 24.3 Å². The summed E-state index contributed by atoms with van der Waals surface area (Å²) in [5.74, 6) is 0. The number of nitrogens with zero attached hydrogens (tertiary/aromatic N) is 1. The van der Waals surface area contributed by atoms with Crippen LogP contribution in [0.2, 0.25) is 0 Å². The first-order valence-corrected chi connectivity index (χ1v) is 3.59. The molecule has 2 N–H and O–H groups in total. The number of hydrogen-bond donors (Lipinski definition) is 2. The molecule has 2 rings (SSSR count). The fraction of sp³-hybridized carbons (Fsp3) is 0. The van der Waals surface area contributed by atoms with Gasteiger partial charge in [-0.2, -0.15) is 4.73 Å². The first-order valence-electron chi connectivity index (χ1n) is 3.18. The van der Waals surface area contributed by atoms with Gasteiger partial charge in [0.25, 0.3) is 0 Å². The standard InChI is InChI=1S/C7H6N2OS/c10-9-6-4-2-1-3-5(6)8-7(9)11/h1-4,10H,(H,8,11). The number of rotatable bonds is 0. The zero-order valence-corrected chi connectivity index (χ0v) is 6.43. The van der Waals surface area contributed by atoms with E-state index in [1.807, 2.05) is 18.2 Å². The van der Waals surface area contributed by atoms with Crippen molar-refractivity contribution in [3.05, 3.63) is 29.0 Å². The summed E-state index contributed by atoms with van der Waals surface area (Å²) in [7, 11) is 0. The van der Waals surface area contributed by atoms with Gasteiger partial charge in [0.05, 0.1) is 5.52 Å². The number of benzene rings is 1. The van der Waals surface area contributed by atoms with Crippen molar-refractivity contribution in [3.8, 4) is 0 Å². The lowest BCUT2D eigenvalue weighted by molar-refractivity contribution is 0.194. The van der Waals surface area contributed by atoms with Gasteiger partial charge in [-0.05, 0) is 24.4 Å². The van der Waals surface area contributed by atoms with E-state index in [0.29, 0.717) is 10.3 Å². The van der Waals surface area contributed by atoms with E-state index in [4.69, 9.17) is 12.2 Å². The lowest BCUT2D eigenvalue weighted by Gasteiger charge is -1.89. The number of H-pyrrole nitrogens is 1. The van der Waals surface area contributed by atoms with Gasteiger partial charge in [0.2, 0.25) is 4.77 Å². The number of aromatic amines is 1. The molecule has 11 heavy (non-hydrogen) atoms. The Hall–Kier alpha value is -1.29. The number of hydrogen-bond acceptors (Lipinski definition) is 2.